The lowest BCUT2D eigenvalue weighted by Crippen LogP contribution is -2.33. The van der Waals surface area contributed by atoms with Gasteiger partial charge >= 0.3 is 6.18 Å². The molecule has 1 amide bonds. The zero-order chi connectivity index (χ0) is 25.0. The first-order valence-electron chi connectivity index (χ1n) is 10.0. The Balaban J connectivity index is 1.91. The Morgan fingerprint density at radius 2 is 1.88 bits per heavy atom. The molecule has 3 aromatic rings. The van der Waals surface area contributed by atoms with Crippen molar-refractivity contribution in [2.45, 2.75) is 26.4 Å². The predicted octanol–water partition coefficient (Wildman–Crippen LogP) is 5.41. The zero-order valence-corrected chi connectivity index (χ0v) is 18.4. The standard InChI is InChI=1S/C22H21F5N4O3/c1-11(10-33-3)4-18(29-21(32)16-5-12(2)34-20(16)22(25,26)27)28-19-9-17(30-31-19)13-6-14(23)8-15(24)7-13/h5-9,11H,4,10H2,1-3H3,(H2,28,29,30,31,32)/t11-/m1/s1. The molecule has 2 N–H and O–H groups in total. The highest BCUT2D eigenvalue weighted by Crippen LogP contribution is 2.34. The van der Waals surface area contributed by atoms with E-state index in [4.69, 9.17) is 4.74 Å². The molecule has 2 aromatic heterocycles. The van der Waals surface area contributed by atoms with E-state index in [-0.39, 0.29) is 41.0 Å². The van der Waals surface area contributed by atoms with Gasteiger partial charge in [-0.3, -0.25) is 9.89 Å². The van der Waals surface area contributed by atoms with E-state index in [2.05, 4.69) is 24.9 Å². The third-order valence-electron chi connectivity index (χ3n) is 4.60. The second-order valence-corrected chi connectivity index (χ2v) is 7.67. The van der Waals surface area contributed by atoms with Crippen molar-refractivity contribution in [3.05, 3.63) is 59.1 Å². The number of carbonyl (C=O) groups excluding carboxylic acids is 1. The average Bonchev–Trinajstić information content (AvgIpc) is 3.34. The van der Waals surface area contributed by atoms with Crippen LogP contribution in [0, 0.1) is 24.5 Å². The number of rotatable bonds is 7. The molecule has 1 aromatic carbocycles. The van der Waals surface area contributed by atoms with Gasteiger partial charge in [0.15, 0.2) is 5.82 Å². The lowest BCUT2D eigenvalue weighted by molar-refractivity contribution is -0.153. The molecule has 0 saturated carbocycles. The molecule has 0 bridgehead atoms. The molecule has 12 heteroatoms. The van der Waals surface area contributed by atoms with Crippen molar-refractivity contribution < 1.29 is 35.9 Å². The number of carbonyl (C=O) groups is 1. The molecule has 0 aliphatic heterocycles. The fourth-order valence-corrected chi connectivity index (χ4v) is 3.25. The number of benzene rings is 1. The van der Waals surface area contributed by atoms with Crippen LogP contribution < -0.4 is 5.32 Å². The van der Waals surface area contributed by atoms with E-state index in [0.717, 1.165) is 24.3 Å². The van der Waals surface area contributed by atoms with Gasteiger partial charge in [0, 0.05) is 37.8 Å². The second-order valence-electron chi connectivity index (χ2n) is 7.67. The fourth-order valence-electron chi connectivity index (χ4n) is 3.25. The van der Waals surface area contributed by atoms with Crippen molar-refractivity contribution in [1.82, 2.24) is 15.5 Å². The minimum absolute atomic E-state index is 0.0185. The van der Waals surface area contributed by atoms with Crippen LogP contribution in [0.5, 0.6) is 0 Å². The van der Waals surface area contributed by atoms with Crippen molar-refractivity contribution >= 4 is 17.6 Å². The number of amidine groups is 1. The summed E-state index contributed by atoms with van der Waals surface area (Å²) in [5, 5.41) is 8.92. The van der Waals surface area contributed by atoms with Gasteiger partial charge < -0.3 is 14.5 Å². The third kappa shape index (κ3) is 6.28. The number of aromatic amines is 1. The predicted molar refractivity (Wildman–Crippen MR) is 113 cm³/mol. The smallest absolute Gasteiger partial charge is 0.450 e. The molecule has 182 valence electrons. The number of aromatic nitrogens is 2. The molecule has 0 saturated heterocycles. The van der Waals surface area contributed by atoms with Crippen molar-refractivity contribution in [1.29, 1.82) is 0 Å². The van der Waals surface area contributed by atoms with E-state index < -0.39 is 35.0 Å². The summed E-state index contributed by atoms with van der Waals surface area (Å²) in [5.74, 6) is -4.23. The van der Waals surface area contributed by atoms with Gasteiger partial charge in [-0.25, -0.2) is 13.8 Å². The zero-order valence-electron chi connectivity index (χ0n) is 18.4. The number of aryl methyl sites for hydroxylation is 1. The SMILES string of the molecule is COC[C@H](C)CC(=Nc1cc(-c2cc(F)cc(F)c2)[nH]n1)NC(=O)c1cc(C)oc1C(F)(F)F. The third-order valence-corrected chi connectivity index (χ3v) is 4.60. The first-order chi connectivity index (χ1) is 16.0. The largest absolute Gasteiger partial charge is 0.456 e. The number of hydrogen-bond acceptors (Lipinski definition) is 5. The lowest BCUT2D eigenvalue weighted by Gasteiger charge is -2.14. The lowest BCUT2D eigenvalue weighted by atomic mass is 10.1. The molecule has 0 spiro atoms. The Kier molecular flexibility index (Phi) is 7.50. The molecule has 3 rings (SSSR count). The number of furan rings is 1. The van der Waals surface area contributed by atoms with E-state index in [1.54, 1.807) is 6.92 Å². The van der Waals surface area contributed by atoms with Crippen LogP contribution in [0.25, 0.3) is 11.3 Å². The second kappa shape index (κ2) is 10.2. The Morgan fingerprint density at radius 3 is 2.50 bits per heavy atom. The van der Waals surface area contributed by atoms with E-state index in [1.807, 2.05) is 0 Å². The number of hydrogen-bond donors (Lipinski definition) is 2. The van der Waals surface area contributed by atoms with Crippen LogP contribution >= 0.6 is 0 Å². The Morgan fingerprint density at radius 1 is 1.21 bits per heavy atom. The van der Waals surface area contributed by atoms with Gasteiger partial charge in [-0.2, -0.15) is 18.3 Å². The molecule has 0 aliphatic rings. The van der Waals surface area contributed by atoms with E-state index >= 15 is 0 Å². The Labute approximate surface area is 191 Å². The number of aliphatic imine (C=N–C) groups is 1. The first kappa shape index (κ1) is 25.1. The van der Waals surface area contributed by atoms with Gasteiger partial charge in [0.05, 0.1) is 11.3 Å². The van der Waals surface area contributed by atoms with Gasteiger partial charge in [0.2, 0.25) is 5.76 Å². The van der Waals surface area contributed by atoms with Crippen LogP contribution in [0.3, 0.4) is 0 Å². The van der Waals surface area contributed by atoms with E-state index in [0.29, 0.717) is 6.61 Å². The normalized spacial score (nSPS) is 13.2. The highest BCUT2D eigenvalue weighted by atomic mass is 19.4. The maximum atomic E-state index is 13.5. The van der Waals surface area contributed by atoms with Crippen molar-refractivity contribution in [3.63, 3.8) is 0 Å². The van der Waals surface area contributed by atoms with Crippen molar-refractivity contribution in [3.8, 4) is 11.3 Å². The van der Waals surface area contributed by atoms with Gasteiger partial charge in [-0.1, -0.05) is 6.92 Å². The average molecular weight is 484 g/mol. The number of methoxy groups -OCH3 is 1. The van der Waals surface area contributed by atoms with Crippen LogP contribution in [0.2, 0.25) is 0 Å². The van der Waals surface area contributed by atoms with Crippen LogP contribution in [0.1, 0.15) is 35.2 Å². The number of ether oxygens (including phenoxy) is 1. The Bertz CT molecular complexity index is 1180. The van der Waals surface area contributed by atoms with Crippen LogP contribution in [-0.4, -0.2) is 35.7 Å². The summed E-state index contributed by atoms with van der Waals surface area (Å²) in [7, 11) is 1.48. The first-order valence-corrected chi connectivity index (χ1v) is 10.0. The number of amides is 1. The highest BCUT2D eigenvalue weighted by molar-refractivity contribution is 6.07. The maximum Gasteiger partial charge on any atom is 0.450 e. The minimum Gasteiger partial charge on any atom is -0.456 e. The molecule has 0 fully saturated rings. The summed E-state index contributed by atoms with van der Waals surface area (Å²) in [4.78, 5) is 16.9. The molecule has 0 radical (unpaired) electrons. The molecular weight excluding hydrogens is 463 g/mol. The van der Waals surface area contributed by atoms with Crippen LogP contribution in [0.15, 0.2) is 39.7 Å². The summed E-state index contributed by atoms with van der Waals surface area (Å²) in [6.45, 7) is 3.38. The summed E-state index contributed by atoms with van der Waals surface area (Å²) in [6, 6.07) is 5.27. The van der Waals surface area contributed by atoms with E-state index in [9.17, 15) is 26.7 Å². The minimum atomic E-state index is -4.86. The fraction of sp³-hybridized carbons (Fsp3) is 0.318. The summed E-state index contributed by atoms with van der Waals surface area (Å²) in [5.41, 5.74) is -0.263. The monoisotopic (exact) mass is 484 g/mol. The maximum absolute atomic E-state index is 13.5. The molecule has 0 aliphatic carbocycles. The van der Waals surface area contributed by atoms with Crippen LogP contribution in [0.4, 0.5) is 27.8 Å². The molecule has 7 nitrogen and oxygen atoms in total. The molecule has 2 heterocycles. The molecule has 34 heavy (non-hydrogen) atoms. The van der Waals surface area contributed by atoms with Crippen molar-refractivity contribution in [2.75, 3.05) is 13.7 Å². The van der Waals surface area contributed by atoms with Crippen LogP contribution in [-0.2, 0) is 10.9 Å². The van der Waals surface area contributed by atoms with Gasteiger partial charge in [0.25, 0.3) is 5.91 Å². The number of nitrogens with one attached hydrogen (secondary N) is 2. The Hall–Kier alpha value is -3.54. The number of nitrogens with zero attached hydrogens (tertiary/aromatic N) is 2. The summed E-state index contributed by atoms with van der Waals surface area (Å²) >= 11 is 0. The number of halogens is 5. The molecular formula is C22H21F5N4O3. The number of H-pyrrole nitrogens is 1. The molecule has 0 unspecified atom stereocenters. The molecule has 1 atom stereocenters. The summed E-state index contributed by atoms with van der Waals surface area (Å²) in [6.07, 6.45) is -4.73. The highest BCUT2D eigenvalue weighted by Gasteiger charge is 2.40. The van der Waals surface area contributed by atoms with Gasteiger partial charge in [-0.05, 0) is 31.0 Å². The topological polar surface area (TPSA) is 92.5 Å². The summed E-state index contributed by atoms with van der Waals surface area (Å²) < 4.78 is 76.5. The van der Waals surface area contributed by atoms with Gasteiger partial charge in [-0.15, -0.1) is 0 Å². The van der Waals surface area contributed by atoms with Crippen molar-refractivity contribution in [2.24, 2.45) is 10.9 Å². The number of alkyl halides is 3. The van der Waals surface area contributed by atoms with Gasteiger partial charge in [0.1, 0.15) is 23.2 Å². The van der Waals surface area contributed by atoms with E-state index in [1.165, 1.54) is 20.1 Å². The quantitative estimate of drug-likeness (QED) is 0.267.